The lowest BCUT2D eigenvalue weighted by Crippen LogP contribution is -2.15. The van der Waals surface area contributed by atoms with E-state index in [9.17, 15) is 26.4 Å². The number of aromatic amines is 1. The predicted molar refractivity (Wildman–Crippen MR) is 105 cm³/mol. The average Bonchev–Trinajstić information content (AvgIpc) is 3.25. The van der Waals surface area contributed by atoms with E-state index in [1.54, 1.807) is 18.2 Å². The van der Waals surface area contributed by atoms with Crippen LogP contribution in [-0.2, 0) is 32.1 Å². The van der Waals surface area contributed by atoms with E-state index in [2.05, 4.69) is 30.7 Å². The number of H-pyrrole nitrogens is 1. The number of esters is 1. The van der Waals surface area contributed by atoms with Crippen LogP contribution < -0.4 is 0 Å². The molecule has 0 aliphatic carbocycles. The van der Waals surface area contributed by atoms with E-state index in [0.717, 1.165) is 18.0 Å². The standard InChI is InChI=1S/C18H15BrF3N3O4S/c1-29-14(26)9-25-16(15(19)17(24-25)18(20,21)22)13-7-6-12(23-13)10-4-3-5-11(8-10)30(2,27)28/h3-8,23H,9H2,1-2H3. The third-order valence-electron chi connectivity index (χ3n) is 4.18. The van der Waals surface area contributed by atoms with Gasteiger partial charge < -0.3 is 9.72 Å². The van der Waals surface area contributed by atoms with Gasteiger partial charge in [-0.1, -0.05) is 12.1 Å². The topological polar surface area (TPSA) is 94.1 Å². The summed E-state index contributed by atoms with van der Waals surface area (Å²) in [5.41, 5.74) is 0.0561. The van der Waals surface area contributed by atoms with Gasteiger partial charge in [-0.3, -0.25) is 9.48 Å². The SMILES string of the molecule is COC(=O)Cn1nc(C(F)(F)F)c(Br)c1-c1ccc(-c2cccc(S(C)(=O)=O)c2)[nH]1. The van der Waals surface area contributed by atoms with Crippen LogP contribution in [0.25, 0.3) is 22.6 Å². The van der Waals surface area contributed by atoms with Gasteiger partial charge in [0, 0.05) is 11.9 Å². The van der Waals surface area contributed by atoms with Gasteiger partial charge in [0.05, 0.1) is 27.9 Å². The first-order chi connectivity index (χ1) is 13.9. The van der Waals surface area contributed by atoms with Crippen molar-refractivity contribution in [1.82, 2.24) is 14.8 Å². The second kappa shape index (κ2) is 7.91. The van der Waals surface area contributed by atoms with Gasteiger partial charge in [0.15, 0.2) is 15.5 Å². The van der Waals surface area contributed by atoms with E-state index >= 15 is 0 Å². The molecule has 7 nitrogen and oxygen atoms in total. The summed E-state index contributed by atoms with van der Waals surface area (Å²) in [6, 6.07) is 9.22. The molecule has 3 rings (SSSR count). The number of ether oxygens (including phenoxy) is 1. The number of methoxy groups -OCH3 is 1. The summed E-state index contributed by atoms with van der Waals surface area (Å²) in [7, 11) is -2.32. The maximum atomic E-state index is 13.3. The minimum Gasteiger partial charge on any atom is -0.468 e. The Morgan fingerprint density at radius 1 is 1.23 bits per heavy atom. The molecule has 0 amide bonds. The molecule has 30 heavy (non-hydrogen) atoms. The lowest BCUT2D eigenvalue weighted by atomic mass is 10.2. The molecule has 0 atom stereocenters. The van der Waals surface area contributed by atoms with Gasteiger partial charge in [0.1, 0.15) is 6.54 Å². The number of nitrogens with zero attached hydrogens (tertiary/aromatic N) is 2. The second-order valence-electron chi connectivity index (χ2n) is 6.33. The van der Waals surface area contributed by atoms with Gasteiger partial charge >= 0.3 is 12.1 Å². The smallest absolute Gasteiger partial charge is 0.436 e. The third-order valence-corrected chi connectivity index (χ3v) is 6.05. The Labute approximate surface area is 177 Å². The van der Waals surface area contributed by atoms with Gasteiger partial charge in [0.25, 0.3) is 0 Å². The summed E-state index contributed by atoms with van der Waals surface area (Å²) in [4.78, 5) is 14.7. The van der Waals surface area contributed by atoms with Crippen LogP contribution in [0.3, 0.4) is 0 Å². The molecule has 0 saturated heterocycles. The average molecular weight is 506 g/mol. The molecule has 2 heterocycles. The van der Waals surface area contributed by atoms with Gasteiger partial charge in [-0.25, -0.2) is 8.42 Å². The number of alkyl halides is 3. The molecule has 0 unspecified atom stereocenters. The molecule has 0 saturated carbocycles. The summed E-state index contributed by atoms with van der Waals surface area (Å²) in [6.07, 6.45) is -3.67. The maximum absolute atomic E-state index is 13.3. The molecule has 0 spiro atoms. The molecule has 0 fully saturated rings. The molecule has 0 bridgehead atoms. The highest BCUT2D eigenvalue weighted by Crippen LogP contribution is 2.40. The quantitative estimate of drug-likeness (QED) is 0.530. The highest BCUT2D eigenvalue weighted by molar-refractivity contribution is 9.10. The Morgan fingerprint density at radius 3 is 2.50 bits per heavy atom. The fourth-order valence-electron chi connectivity index (χ4n) is 2.78. The highest BCUT2D eigenvalue weighted by atomic mass is 79.9. The molecule has 2 aromatic heterocycles. The van der Waals surface area contributed by atoms with Crippen LogP contribution in [0, 0.1) is 0 Å². The van der Waals surface area contributed by atoms with E-state index in [0.29, 0.717) is 11.3 Å². The Bertz CT molecular complexity index is 1220. The summed E-state index contributed by atoms with van der Waals surface area (Å²) in [5, 5.41) is 3.52. The summed E-state index contributed by atoms with van der Waals surface area (Å²) in [6.45, 7) is -0.529. The monoisotopic (exact) mass is 505 g/mol. The number of sulfone groups is 1. The van der Waals surface area contributed by atoms with E-state index in [-0.39, 0.29) is 20.8 Å². The van der Waals surface area contributed by atoms with E-state index in [1.165, 1.54) is 18.2 Å². The fraction of sp³-hybridized carbons (Fsp3) is 0.222. The normalized spacial score (nSPS) is 12.2. The van der Waals surface area contributed by atoms with Crippen LogP contribution in [-0.4, -0.2) is 42.5 Å². The van der Waals surface area contributed by atoms with E-state index < -0.39 is 34.2 Å². The molecule has 160 valence electrons. The number of rotatable bonds is 5. The highest BCUT2D eigenvalue weighted by Gasteiger charge is 2.39. The van der Waals surface area contributed by atoms with Gasteiger partial charge in [-0.05, 0) is 45.8 Å². The van der Waals surface area contributed by atoms with E-state index in [4.69, 9.17) is 0 Å². The van der Waals surface area contributed by atoms with Crippen molar-refractivity contribution in [2.24, 2.45) is 0 Å². The number of hydrogen-bond acceptors (Lipinski definition) is 5. The van der Waals surface area contributed by atoms with Crippen molar-refractivity contribution in [1.29, 1.82) is 0 Å². The zero-order valence-corrected chi connectivity index (χ0v) is 18.0. The molecule has 0 aliphatic heterocycles. The van der Waals surface area contributed by atoms with Gasteiger partial charge in [-0.2, -0.15) is 18.3 Å². The fourth-order valence-corrected chi connectivity index (χ4v) is 4.16. The zero-order valence-electron chi connectivity index (χ0n) is 15.6. The van der Waals surface area contributed by atoms with Gasteiger partial charge in [0.2, 0.25) is 0 Å². The van der Waals surface area contributed by atoms with E-state index in [1.807, 2.05) is 0 Å². The van der Waals surface area contributed by atoms with Crippen molar-refractivity contribution in [2.75, 3.05) is 13.4 Å². The number of benzene rings is 1. The van der Waals surface area contributed by atoms with Crippen LogP contribution in [0.2, 0.25) is 0 Å². The second-order valence-corrected chi connectivity index (χ2v) is 9.14. The Morgan fingerprint density at radius 2 is 1.90 bits per heavy atom. The maximum Gasteiger partial charge on any atom is 0.436 e. The number of carbonyl (C=O) groups is 1. The molecular weight excluding hydrogens is 491 g/mol. The zero-order chi connectivity index (χ0) is 22.3. The first-order valence-corrected chi connectivity index (χ1v) is 11.0. The summed E-state index contributed by atoms with van der Waals surface area (Å²) in [5.74, 6) is -0.771. The third kappa shape index (κ3) is 4.43. The summed E-state index contributed by atoms with van der Waals surface area (Å²) < 4.78 is 68.6. The van der Waals surface area contributed by atoms with Crippen molar-refractivity contribution < 1.29 is 31.1 Å². The van der Waals surface area contributed by atoms with Crippen molar-refractivity contribution >= 4 is 31.7 Å². The first-order valence-electron chi connectivity index (χ1n) is 8.32. The molecule has 1 aromatic carbocycles. The van der Waals surface area contributed by atoms with Crippen molar-refractivity contribution in [3.05, 3.63) is 46.6 Å². The molecular formula is C18H15BrF3N3O4S. The molecule has 3 aromatic rings. The minimum atomic E-state index is -4.74. The lowest BCUT2D eigenvalue weighted by Gasteiger charge is -2.06. The van der Waals surface area contributed by atoms with Gasteiger partial charge in [-0.15, -0.1) is 0 Å². The van der Waals surface area contributed by atoms with Crippen molar-refractivity contribution in [3.63, 3.8) is 0 Å². The predicted octanol–water partition coefficient (Wildman–Crippen LogP) is 3.90. The Kier molecular flexibility index (Phi) is 5.83. The first kappa shape index (κ1) is 22.1. The van der Waals surface area contributed by atoms with Crippen LogP contribution in [0.4, 0.5) is 13.2 Å². The Balaban J connectivity index is 2.11. The number of hydrogen-bond donors (Lipinski definition) is 1. The van der Waals surface area contributed by atoms with Crippen LogP contribution in [0.5, 0.6) is 0 Å². The summed E-state index contributed by atoms with van der Waals surface area (Å²) >= 11 is 2.93. The molecule has 0 aliphatic rings. The number of nitrogens with one attached hydrogen (secondary N) is 1. The number of aromatic nitrogens is 3. The van der Waals surface area contributed by atoms with Crippen LogP contribution in [0.15, 0.2) is 45.8 Å². The lowest BCUT2D eigenvalue weighted by molar-refractivity contribution is -0.144. The number of carbonyl (C=O) groups excluding carboxylic acids is 1. The molecule has 1 N–H and O–H groups in total. The minimum absolute atomic E-state index is 0.00163. The van der Waals surface area contributed by atoms with Crippen molar-refractivity contribution in [3.8, 4) is 22.6 Å². The number of halogens is 4. The Hall–Kier alpha value is -2.60. The largest absolute Gasteiger partial charge is 0.468 e. The van der Waals surface area contributed by atoms with Crippen LogP contribution in [0.1, 0.15) is 5.69 Å². The molecule has 12 heteroatoms. The molecule has 0 radical (unpaired) electrons. The van der Waals surface area contributed by atoms with Crippen LogP contribution >= 0.6 is 15.9 Å². The van der Waals surface area contributed by atoms with Crippen molar-refractivity contribution in [2.45, 2.75) is 17.6 Å².